The van der Waals surface area contributed by atoms with Crippen LogP contribution in [-0.4, -0.2) is 24.0 Å². The Hall–Kier alpha value is -2.73. The van der Waals surface area contributed by atoms with Gasteiger partial charge in [0.15, 0.2) is 0 Å². The number of fused-ring (bicyclic) bond motifs is 1. The van der Waals surface area contributed by atoms with Gasteiger partial charge in [0.2, 0.25) is 0 Å². The van der Waals surface area contributed by atoms with Crippen LogP contribution in [0.3, 0.4) is 0 Å². The Morgan fingerprint density at radius 1 is 1.09 bits per heavy atom. The second-order valence-electron chi connectivity index (χ2n) is 4.94. The van der Waals surface area contributed by atoms with Crippen molar-refractivity contribution in [3.05, 3.63) is 58.6 Å². The van der Waals surface area contributed by atoms with Crippen LogP contribution in [0.1, 0.15) is 25.7 Å². The van der Waals surface area contributed by atoms with Crippen molar-refractivity contribution >= 4 is 39.1 Å². The van der Waals surface area contributed by atoms with E-state index in [1.807, 2.05) is 25.1 Å². The molecule has 0 saturated heterocycles. The number of amides is 1. The third kappa shape index (κ3) is 3.22. The van der Waals surface area contributed by atoms with Gasteiger partial charge in [-0.2, -0.15) is 0 Å². The maximum absolute atomic E-state index is 12.3. The predicted molar refractivity (Wildman–Crippen MR) is 90.1 cm³/mol. The fourth-order valence-corrected chi connectivity index (χ4v) is 3.06. The summed E-state index contributed by atoms with van der Waals surface area (Å²) in [6.45, 7) is 1.95. The van der Waals surface area contributed by atoms with Crippen LogP contribution < -0.4 is 5.32 Å². The fraction of sp³-hybridized carbons (Fsp3) is 0.118. The molecule has 0 saturated carbocycles. The molecule has 1 amide bonds. The number of hydrogen-bond acceptors (Lipinski definition) is 5. The first-order valence-electron chi connectivity index (χ1n) is 6.94. The van der Waals surface area contributed by atoms with E-state index in [-0.39, 0.29) is 5.91 Å². The van der Waals surface area contributed by atoms with Crippen LogP contribution in [-0.2, 0) is 4.74 Å². The molecule has 0 aliphatic rings. The van der Waals surface area contributed by atoms with Gasteiger partial charge in [-0.25, -0.2) is 9.78 Å². The zero-order valence-electron chi connectivity index (χ0n) is 12.6. The lowest BCUT2D eigenvalue weighted by Crippen LogP contribution is -2.12. The summed E-state index contributed by atoms with van der Waals surface area (Å²) in [5, 5.41) is 3.83. The number of carbonyl (C=O) groups excluding carboxylic acids is 2. The van der Waals surface area contributed by atoms with E-state index in [0.717, 1.165) is 15.2 Å². The first kappa shape index (κ1) is 15.2. The second-order valence-corrected chi connectivity index (χ2v) is 6.17. The quantitative estimate of drug-likeness (QED) is 0.746. The topological polar surface area (TPSA) is 68.3 Å². The molecule has 1 aromatic heterocycles. The van der Waals surface area contributed by atoms with Crippen LogP contribution in [0, 0.1) is 6.92 Å². The third-order valence-corrected chi connectivity index (χ3v) is 4.26. The molecule has 0 unspecified atom stereocenters. The van der Waals surface area contributed by atoms with Crippen molar-refractivity contribution < 1.29 is 14.3 Å². The highest BCUT2D eigenvalue weighted by molar-refractivity contribution is 7.18. The predicted octanol–water partition coefficient (Wildman–Crippen LogP) is 3.64. The summed E-state index contributed by atoms with van der Waals surface area (Å²) in [5.41, 5.74) is 2.51. The van der Waals surface area contributed by atoms with Gasteiger partial charge in [-0.15, -0.1) is 11.3 Å². The first-order chi connectivity index (χ1) is 11.1. The summed E-state index contributed by atoms with van der Waals surface area (Å²) in [6.07, 6.45) is 0. The number of hydrogen-bond donors (Lipinski definition) is 1. The standard InChI is InChI=1S/C17H14N2O3S/c1-10-18-14-8-7-13(9-15(14)23-10)19-16(20)11-3-5-12(6-4-11)17(21)22-2/h3-9H,1-2H3,(H,19,20). The highest BCUT2D eigenvalue weighted by Gasteiger charge is 2.10. The third-order valence-electron chi connectivity index (χ3n) is 3.32. The first-order valence-corrected chi connectivity index (χ1v) is 7.75. The molecule has 0 fully saturated rings. The SMILES string of the molecule is COC(=O)c1ccc(C(=O)Nc2ccc3nc(C)sc3c2)cc1. The molecule has 0 atom stereocenters. The number of aromatic nitrogens is 1. The molecule has 0 radical (unpaired) electrons. The molecule has 2 aromatic carbocycles. The number of esters is 1. The smallest absolute Gasteiger partial charge is 0.337 e. The lowest BCUT2D eigenvalue weighted by atomic mass is 10.1. The summed E-state index contributed by atoms with van der Waals surface area (Å²) in [5.74, 6) is -0.662. The van der Waals surface area contributed by atoms with E-state index >= 15 is 0 Å². The van der Waals surface area contributed by atoms with Crippen molar-refractivity contribution in [3.63, 3.8) is 0 Å². The fourth-order valence-electron chi connectivity index (χ4n) is 2.20. The molecule has 23 heavy (non-hydrogen) atoms. The van der Waals surface area contributed by atoms with Crippen molar-refractivity contribution in [1.82, 2.24) is 4.98 Å². The Morgan fingerprint density at radius 3 is 2.48 bits per heavy atom. The minimum atomic E-state index is -0.428. The Balaban J connectivity index is 1.78. The molecule has 0 bridgehead atoms. The zero-order chi connectivity index (χ0) is 16.4. The van der Waals surface area contributed by atoms with Gasteiger partial charge in [0.05, 0.1) is 27.9 Å². The Labute approximate surface area is 136 Å². The zero-order valence-corrected chi connectivity index (χ0v) is 13.4. The van der Waals surface area contributed by atoms with Gasteiger partial charge in [0, 0.05) is 11.3 Å². The van der Waals surface area contributed by atoms with Gasteiger partial charge in [-0.3, -0.25) is 4.79 Å². The van der Waals surface area contributed by atoms with Gasteiger partial charge < -0.3 is 10.1 Å². The number of carbonyl (C=O) groups is 2. The van der Waals surface area contributed by atoms with Crippen LogP contribution in [0.4, 0.5) is 5.69 Å². The van der Waals surface area contributed by atoms with Gasteiger partial charge in [0.1, 0.15) is 0 Å². The van der Waals surface area contributed by atoms with Crippen LogP contribution in [0.15, 0.2) is 42.5 Å². The Kier molecular flexibility index (Phi) is 4.08. The van der Waals surface area contributed by atoms with Crippen molar-refractivity contribution in [3.8, 4) is 0 Å². The molecule has 3 aromatic rings. The van der Waals surface area contributed by atoms with Gasteiger partial charge in [0.25, 0.3) is 5.91 Å². The van der Waals surface area contributed by atoms with E-state index in [2.05, 4.69) is 15.0 Å². The van der Waals surface area contributed by atoms with E-state index in [9.17, 15) is 9.59 Å². The van der Waals surface area contributed by atoms with E-state index in [4.69, 9.17) is 0 Å². The number of thiazole rings is 1. The summed E-state index contributed by atoms with van der Waals surface area (Å²) < 4.78 is 5.66. The highest BCUT2D eigenvalue weighted by atomic mass is 32.1. The van der Waals surface area contributed by atoms with E-state index < -0.39 is 5.97 Å². The van der Waals surface area contributed by atoms with Gasteiger partial charge >= 0.3 is 5.97 Å². The molecular weight excluding hydrogens is 312 g/mol. The molecule has 3 rings (SSSR count). The van der Waals surface area contributed by atoms with E-state index in [0.29, 0.717) is 16.8 Å². The second kappa shape index (κ2) is 6.18. The maximum Gasteiger partial charge on any atom is 0.337 e. The summed E-state index contributed by atoms with van der Waals surface area (Å²) >= 11 is 1.58. The monoisotopic (exact) mass is 326 g/mol. The lowest BCUT2D eigenvalue weighted by molar-refractivity contribution is 0.0600. The number of nitrogens with one attached hydrogen (secondary N) is 1. The molecule has 0 aliphatic heterocycles. The Morgan fingerprint density at radius 2 is 1.78 bits per heavy atom. The van der Waals surface area contributed by atoms with Crippen LogP contribution in [0.5, 0.6) is 0 Å². The lowest BCUT2D eigenvalue weighted by Gasteiger charge is -2.06. The molecule has 116 valence electrons. The van der Waals surface area contributed by atoms with Crippen molar-refractivity contribution in [1.29, 1.82) is 0 Å². The summed E-state index contributed by atoms with van der Waals surface area (Å²) in [7, 11) is 1.32. The van der Waals surface area contributed by atoms with Crippen molar-refractivity contribution in [2.45, 2.75) is 6.92 Å². The molecule has 5 nitrogen and oxygen atoms in total. The molecule has 0 spiro atoms. The molecule has 1 N–H and O–H groups in total. The number of rotatable bonds is 3. The number of ether oxygens (including phenoxy) is 1. The highest BCUT2D eigenvalue weighted by Crippen LogP contribution is 2.25. The van der Waals surface area contributed by atoms with Crippen LogP contribution in [0.2, 0.25) is 0 Å². The van der Waals surface area contributed by atoms with Crippen LogP contribution in [0.25, 0.3) is 10.2 Å². The average Bonchev–Trinajstić information content (AvgIpc) is 2.93. The summed E-state index contributed by atoms with van der Waals surface area (Å²) in [4.78, 5) is 28.0. The number of aryl methyl sites for hydroxylation is 1. The number of anilines is 1. The molecular formula is C17H14N2O3S. The van der Waals surface area contributed by atoms with Crippen LogP contribution >= 0.6 is 11.3 Å². The average molecular weight is 326 g/mol. The minimum absolute atomic E-state index is 0.234. The van der Waals surface area contributed by atoms with Crippen molar-refractivity contribution in [2.24, 2.45) is 0 Å². The molecule has 0 aliphatic carbocycles. The number of methoxy groups -OCH3 is 1. The Bertz CT molecular complexity index is 884. The largest absolute Gasteiger partial charge is 0.465 e. The van der Waals surface area contributed by atoms with E-state index in [1.54, 1.807) is 35.6 Å². The number of nitrogens with zero attached hydrogens (tertiary/aromatic N) is 1. The van der Waals surface area contributed by atoms with E-state index in [1.165, 1.54) is 7.11 Å². The number of benzene rings is 2. The molecule has 6 heteroatoms. The van der Waals surface area contributed by atoms with Gasteiger partial charge in [-0.05, 0) is 49.4 Å². The minimum Gasteiger partial charge on any atom is -0.465 e. The summed E-state index contributed by atoms with van der Waals surface area (Å²) in [6, 6.07) is 11.9. The molecule has 1 heterocycles. The van der Waals surface area contributed by atoms with Gasteiger partial charge in [-0.1, -0.05) is 0 Å². The van der Waals surface area contributed by atoms with Crippen molar-refractivity contribution in [2.75, 3.05) is 12.4 Å². The normalized spacial score (nSPS) is 10.5. The maximum atomic E-state index is 12.3.